The van der Waals surface area contributed by atoms with Gasteiger partial charge in [-0.2, -0.15) is 0 Å². The van der Waals surface area contributed by atoms with Crippen molar-refractivity contribution in [2.75, 3.05) is 7.05 Å². The van der Waals surface area contributed by atoms with Crippen molar-refractivity contribution in [1.82, 2.24) is 10.6 Å². The first-order valence-electron chi connectivity index (χ1n) is 8.11. The molecule has 1 amide bonds. The summed E-state index contributed by atoms with van der Waals surface area (Å²) in [5.74, 6) is 0.980. The summed E-state index contributed by atoms with van der Waals surface area (Å²) in [5, 5.41) is 6.60. The molecule has 2 unspecified atom stereocenters. The van der Waals surface area contributed by atoms with Crippen molar-refractivity contribution >= 4 is 5.91 Å². The first-order valence-corrected chi connectivity index (χ1v) is 8.11. The zero-order valence-electron chi connectivity index (χ0n) is 13.7. The number of carbonyl (C=O) groups is 1. The molecule has 0 saturated heterocycles. The Labute approximate surface area is 123 Å². The predicted octanol–water partition coefficient (Wildman–Crippen LogP) is 2.85. The second-order valence-electron chi connectivity index (χ2n) is 9.24. The normalized spacial score (nSPS) is 46.5. The molecule has 4 rings (SSSR count). The van der Waals surface area contributed by atoms with Crippen LogP contribution in [0.25, 0.3) is 0 Å². The molecular weight excluding hydrogens is 248 g/mol. The molecule has 4 bridgehead atoms. The van der Waals surface area contributed by atoms with Gasteiger partial charge >= 0.3 is 0 Å². The molecule has 0 aromatic heterocycles. The van der Waals surface area contributed by atoms with Gasteiger partial charge in [-0.1, -0.05) is 13.8 Å². The number of amides is 1. The summed E-state index contributed by atoms with van der Waals surface area (Å²) >= 11 is 0. The average Bonchev–Trinajstić information content (AvgIpc) is 2.22. The van der Waals surface area contributed by atoms with Crippen LogP contribution in [-0.2, 0) is 4.79 Å². The molecule has 4 aliphatic carbocycles. The molecular formula is C17H30N2O. The van der Waals surface area contributed by atoms with Crippen molar-refractivity contribution in [3.05, 3.63) is 0 Å². The summed E-state index contributed by atoms with van der Waals surface area (Å²) in [4.78, 5) is 12.6. The van der Waals surface area contributed by atoms with Crippen LogP contribution in [0.1, 0.15) is 66.2 Å². The Morgan fingerprint density at radius 2 is 1.60 bits per heavy atom. The largest absolute Gasteiger partial charge is 0.349 e. The van der Waals surface area contributed by atoms with Crippen LogP contribution < -0.4 is 10.6 Å². The lowest BCUT2D eigenvalue weighted by atomic mass is 9.42. The predicted molar refractivity (Wildman–Crippen MR) is 81.4 cm³/mol. The molecule has 0 spiro atoms. The van der Waals surface area contributed by atoms with E-state index in [-0.39, 0.29) is 11.4 Å². The van der Waals surface area contributed by atoms with Crippen LogP contribution in [0.5, 0.6) is 0 Å². The lowest BCUT2D eigenvalue weighted by Gasteiger charge is -2.65. The van der Waals surface area contributed by atoms with Crippen LogP contribution in [0.4, 0.5) is 0 Å². The number of rotatable bonds is 3. The van der Waals surface area contributed by atoms with Gasteiger partial charge in [0, 0.05) is 5.54 Å². The van der Waals surface area contributed by atoms with Gasteiger partial charge in [0.2, 0.25) is 5.91 Å². The Bertz CT molecular complexity index is 424. The van der Waals surface area contributed by atoms with Crippen molar-refractivity contribution in [3.8, 4) is 0 Å². The fourth-order valence-corrected chi connectivity index (χ4v) is 6.10. The van der Waals surface area contributed by atoms with Crippen LogP contribution in [-0.4, -0.2) is 24.0 Å². The Morgan fingerprint density at radius 1 is 1.05 bits per heavy atom. The minimum Gasteiger partial charge on any atom is -0.349 e. The molecule has 0 heterocycles. The summed E-state index contributed by atoms with van der Waals surface area (Å²) in [6, 6.07) is 0. The zero-order chi connectivity index (χ0) is 14.8. The van der Waals surface area contributed by atoms with Gasteiger partial charge in [-0.15, -0.1) is 0 Å². The molecule has 4 saturated carbocycles. The Hall–Kier alpha value is -0.570. The second kappa shape index (κ2) is 4.00. The number of likely N-dealkylation sites (N-methyl/N-ethyl adjacent to an activating group) is 1. The Balaban J connectivity index is 1.84. The van der Waals surface area contributed by atoms with Gasteiger partial charge in [-0.3, -0.25) is 4.79 Å². The highest BCUT2D eigenvalue weighted by atomic mass is 16.2. The van der Waals surface area contributed by atoms with Gasteiger partial charge in [-0.05, 0) is 76.2 Å². The van der Waals surface area contributed by atoms with Crippen LogP contribution in [0.2, 0.25) is 0 Å². The molecule has 4 aliphatic rings. The third-order valence-corrected chi connectivity index (χ3v) is 6.20. The molecule has 0 aromatic rings. The maximum atomic E-state index is 12.6. The highest BCUT2D eigenvalue weighted by molar-refractivity contribution is 5.86. The third-order valence-electron chi connectivity index (χ3n) is 6.20. The minimum absolute atomic E-state index is 0.0636. The standard InChI is InChI=1S/C17H30N2O/c1-14(2,18-5)13(20)19-17-8-12-6-15(3,10-17)9-16(4,7-12)11-17/h12,18H,6-11H2,1-5H3,(H,19,20). The van der Waals surface area contributed by atoms with Gasteiger partial charge in [0.25, 0.3) is 0 Å². The van der Waals surface area contributed by atoms with E-state index in [1.165, 1.54) is 38.5 Å². The Morgan fingerprint density at radius 3 is 2.05 bits per heavy atom. The lowest BCUT2D eigenvalue weighted by Crippen LogP contribution is -2.68. The second-order valence-corrected chi connectivity index (χ2v) is 9.24. The third kappa shape index (κ3) is 2.18. The maximum Gasteiger partial charge on any atom is 0.240 e. The van der Waals surface area contributed by atoms with Gasteiger partial charge in [-0.25, -0.2) is 0 Å². The first-order chi connectivity index (χ1) is 9.10. The van der Waals surface area contributed by atoms with Crippen LogP contribution >= 0.6 is 0 Å². The molecule has 20 heavy (non-hydrogen) atoms. The van der Waals surface area contributed by atoms with Crippen molar-refractivity contribution in [1.29, 1.82) is 0 Å². The molecule has 2 atom stereocenters. The zero-order valence-corrected chi connectivity index (χ0v) is 13.7. The van der Waals surface area contributed by atoms with Crippen molar-refractivity contribution < 1.29 is 4.79 Å². The topological polar surface area (TPSA) is 41.1 Å². The minimum atomic E-state index is -0.481. The quantitative estimate of drug-likeness (QED) is 0.833. The van der Waals surface area contributed by atoms with Crippen molar-refractivity contribution in [3.63, 3.8) is 0 Å². The fourth-order valence-electron chi connectivity index (χ4n) is 6.10. The van der Waals surface area contributed by atoms with Crippen LogP contribution in [0.3, 0.4) is 0 Å². The van der Waals surface area contributed by atoms with Gasteiger partial charge in [0.1, 0.15) is 0 Å². The lowest BCUT2D eigenvalue weighted by molar-refractivity contribution is -0.143. The van der Waals surface area contributed by atoms with E-state index >= 15 is 0 Å². The highest BCUT2D eigenvalue weighted by Crippen LogP contribution is 2.66. The smallest absolute Gasteiger partial charge is 0.240 e. The number of carbonyl (C=O) groups excluding carboxylic acids is 1. The SMILES string of the molecule is CNC(C)(C)C(=O)NC12CC3CC(C)(CC(C)(C3)C1)C2. The summed E-state index contributed by atoms with van der Waals surface area (Å²) in [6.07, 6.45) is 7.65. The fraction of sp³-hybridized carbons (Fsp3) is 0.941. The number of nitrogens with one attached hydrogen (secondary N) is 2. The molecule has 3 nitrogen and oxygen atoms in total. The molecule has 0 aromatic carbocycles. The van der Waals surface area contributed by atoms with E-state index < -0.39 is 5.54 Å². The maximum absolute atomic E-state index is 12.6. The monoisotopic (exact) mass is 278 g/mol. The van der Waals surface area contributed by atoms with Crippen LogP contribution in [0.15, 0.2) is 0 Å². The molecule has 3 heteroatoms. The van der Waals surface area contributed by atoms with E-state index in [4.69, 9.17) is 0 Å². The molecule has 2 N–H and O–H groups in total. The summed E-state index contributed by atoms with van der Waals surface area (Å²) < 4.78 is 0. The summed E-state index contributed by atoms with van der Waals surface area (Å²) in [7, 11) is 1.86. The summed E-state index contributed by atoms with van der Waals surface area (Å²) in [5.41, 5.74) is 0.482. The van der Waals surface area contributed by atoms with E-state index in [1.54, 1.807) is 0 Å². The van der Waals surface area contributed by atoms with E-state index in [2.05, 4.69) is 24.5 Å². The van der Waals surface area contributed by atoms with Gasteiger partial charge in [0.05, 0.1) is 5.54 Å². The average molecular weight is 278 g/mol. The molecule has 4 fully saturated rings. The molecule has 114 valence electrons. The molecule has 0 aliphatic heterocycles. The number of hydrogen-bond acceptors (Lipinski definition) is 2. The van der Waals surface area contributed by atoms with Gasteiger partial charge in [0.15, 0.2) is 0 Å². The van der Waals surface area contributed by atoms with Gasteiger partial charge < -0.3 is 10.6 Å². The van der Waals surface area contributed by atoms with Crippen LogP contribution in [0, 0.1) is 16.7 Å². The van der Waals surface area contributed by atoms with E-state index in [0.717, 1.165) is 5.92 Å². The molecule has 0 radical (unpaired) electrons. The Kier molecular flexibility index (Phi) is 2.87. The highest BCUT2D eigenvalue weighted by Gasteiger charge is 2.60. The van der Waals surface area contributed by atoms with E-state index in [9.17, 15) is 4.79 Å². The first kappa shape index (κ1) is 14.4. The van der Waals surface area contributed by atoms with E-state index in [0.29, 0.717) is 10.8 Å². The van der Waals surface area contributed by atoms with Crippen molar-refractivity contribution in [2.24, 2.45) is 16.7 Å². The number of hydrogen-bond donors (Lipinski definition) is 2. The van der Waals surface area contributed by atoms with Crippen molar-refractivity contribution in [2.45, 2.75) is 77.3 Å². The van der Waals surface area contributed by atoms with E-state index in [1.807, 2.05) is 20.9 Å². The summed E-state index contributed by atoms with van der Waals surface area (Å²) in [6.45, 7) is 8.82.